The minimum absolute atomic E-state index is 0.150. The van der Waals surface area contributed by atoms with Gasteiger partial charge in [-0.3, -0.25) is 9.59 Å². The van der Waals surface area contributed by atoms with E-state index in [1.165, 1.54) is 6.26 Å². The van der Waals surface area contributed by atoms with Gasteiger partial charge >= 0.3 is 0 Å². The normalized spacial score (nSPS) is 19.5. The Morgan fingerprint density at radius 2 is 1.32 bits per heavy atom. The van der Waals surface area contributed by atoms with E-state index in [2.05, 4.69) is 0 Å². The maximum Gasteiger partial charge on any atom is 0.206 e. The van der Waals surface area contributed by atoms with Gasteiger partial charge in [-0.1, -0.05) is 72.8 Å². The molecule has 0 saturated carbocycles. The molecule has 34 heavy (non-hydrogen) atoms. The molecule has 5 nitrogen and oxygen atoms in total. The largest absolute Gasteiger partial charge is 0.461 e. The van der Waals surface area contributed by atoms with Gasteiger partial charge in [0.05, 0.1) is 22.8 Å². The lowest BCUT2D eigenvalue weighted by Gasteiger charge is -2.23. The summed E-state index contributed by atoms with van der Waals surface area (Å²) in [6, 6.07) is 27.4. The van der Waals surface area contributed by atoms with E-state index in [4.69, 9.17) is 4.42 Å². The van der Waals surface area contributed by atoms with E-state index in [-0.39, 0.29) is 28.0 Å². The minimum atomic E-state index is -3.72. The van der Waals surface area contributed by atoms with E-state index in [1.807, 2.05) is 18.2 Å². The van der Waals surface area contributed by atoms with Crippen molar-refractivity contribution in [1.29, 1.82) is 0 Å². The van der Waals surface area contributed by atoms with Crippen LogP contribution in [0, 0.1) is 5.92 Å². The quantitative estimate of drug-likeness (QED) is 0.342. The predicted octanol–water partition coefficient (Wildman–Crippen LogP) is 5.32. The Bertz CT molecular complexity index is 1420. The van der Waals surface area contributed by atoms with Gasteiger partial charge in [-0.2, -0.15) is 0 Å². The lowest BCUT2D eigenvalue weighted by Crippen LogP contribution is -2.31. The third kappa shape index (κ3) is 3.90. The Morgan fingerprint density at radius 3 is 1.97 bits per heavy atom. The molecule has 0 fully saturated rings. The van der Waals surface area contributed by atoms with Gasteiger partial charge < -0.3 is 4.42 Å². The number of hydrogen-bond acceptors (Lipinski definition) is 5. The van der Waals surface area contributed by atoms with Gasteiger partial charge in [0.1, 0.15) is 0 Å². The average Bonchev–Trinajstić information content (AvgIpc) is 3.51. The molecule has 170 valence electrons. The molecule has 0 bridgehead atoms. The summed E-state index contributed by atoms with van der Waals surface area (Å²) in [5.74, 6) is -3.11. The van der Waals surface area contributed by atoms with Crippen molar-refractivity contribution in [3.63, 3.8) is 0 Å². The highest BCUT2D eigenvalue weighted by atomic mass is 32.2. The molecule has 5 rings (SSSR count). The molecular weight excluding hydrogens is 448 g/mol. The first-order chi connectivity index (χ1) is 16.5. The van der Waals surface area contributed by atoms with E-state index in [1.54, 1.807) is 78.9 Å². The Kier molecular flexibility index (Phi) is 5.75. The van der Waals surface area contributed by atoms with E-state index < -0.39 is 27.6 Å². The lowest BCUT2D eigenvalue weighted by molar-refractivity contribution is 0.0806. The summed E-state index contributed by atoms with van der Waals surface area (Å²) in [6.45, 7) is 0. The molecule has 0 radical (unpaired) electrons. The molecule has 0 saturated heterocycles. The van der Waals surface area contributed by atoms with Crippen molar-refractivity contribution in [3.05, 3.63) is 126 Å². The monoisotopic (exact) mass is 470 g/mol. The van der Waals surface area contributed by atoms with Crippen LogP contribution in [0.4, 0.5) is 0 Å². The number of carbonyl (C=O) groups is 2. The number of hydrogen-bond donors (Lipinski definition) is 0. The van der Waals surface area contributed by atoms with Crippen molar-refractivity contribution in [3.8, 4) is 0 Å². The Labute approximate surface area is 198 Å². The van der Waals surface area contributed by atoms with Crippen LogP contribution in [0.3, 0.4) is 0 Å². The van der Waals surface area contributed by atoms with Gasteiger partial charge in [0.2, 0.25) is 5.78 Å². The summed E-state index contributed by atoms with van der Waals surface area (Å²) in [6.07, 6.45) is 1.42. The van der Waals surface area contributed by atoms with E-state index in [0.717, 1.165) is 0 Å². The maximum absolute atomic E-state index is 13.9. The van der Waals surface area contributed by atoms with Crippen LogP contribution in [-0.4, -0.2) is 25.7 Å². The first-order valence-corrected chi connectivity index (χ1v) is 12.7. The topological polar surface area (TPSA) is 81.4 Å². The molecule has 0 spiro atoms. The molecule has 0 aliphatic heterocycles. The average molecular weight is 471 g/mol. The fourth-order valence-electron chi connectivity index (χ4n) is 4.91. The summed E-state index contributed by atoms with van der Waals surface area (Å²) in [7, 11) is -3.72. The number of rotatable bonds is 7. The zero-order chi connectivity index (χ0) is 23.7. The molecule has 0 N–H and O–H groups in total. The van der Waals surface area contributed by atoms with Gasteiger partial charge in [0.15, 0.2) is 21.4 Å². The third-order valence-corrected chi connectivity index (χ3v) is 8.22. The molecule has 1 heterocycles. The van der Waals surface area contributed by atoms with E-state index in [0.29, 0.717) is 16.7 Å². The van der Waals surface area contributed by atoms with Crippen molar-refractivity contribution >= 4 is 21.4 Å². The predicted molar refractivity (Wildman–Crippen MR) is 128 cm³/mol. The fraction of sp³-hybridized carbons (Fsp3) is 0.143. The number of furan rings is 1. The second-order valence-electron chi connectivity index (χ2n) is 8.41. The van der Waals surface area contributed by atoms with Gasteiger partial charge in [-0.25, -0.2) is 8.42 Å². The van der Waals surface area contributed by atoms with Crippen LogP contribution in [0.15, 0.2) is 113 Å². The van der Waals surface area contributed by atoms with Crippen LogP contribution < -0.4 is 0 Å². The van der Waals surface area contributed by atoms with Gasteiger partial charge in [-0.05, 0) is 35.4 Å². The summed E-state index contributed by atoms with van der Waals surface area (Å²) < 4.78 is 32.2. The van der Waals surface area contributed by atoms with Crippen LogP contribution in [0.25, 0.3) is 0 Å². The van der Waals surface area contributed by atoms with Crippen LogP contribution >= 0.6 is 0 Å². The SMILES string of the molecule is O=C(c1ccccc1)[C@@H]1[C@H](CS(=O)(=O)c2ccccc2)c2ccccc2[C@H]1C(=O)c1ccco1. The Morgan fingerprint density at radius 1 is 0.706 bits per heavy atom. The third-order valence-electron chi connectivity index (χ3n) is 6.43. The first-order valence-electron chi connectivity index (χ1n) is 11.0. The summed E-state index contributed by atoms with van der Waals surface area (Å²) in [4.78, 5) is 27.7. The second-order valence-corrected chi connectivity index (χ2v) is 10.4. The number of sulfone groups is 1. The molecule has 1 aliphatic rings. The first kappa shape index (κ1) is 22.0. The summed E-state index contributed by atoms with van der Waals surface area (Å²) in [5, 5.41) is 0. The van der Waals surface area contributed by atoms with E-state index in [9.17, 15) is 18.0 Å². The van der Waals surface area contributed by atoms with Gasteiger partial charge in [0, 0.05) is 17.4 Å². The zero-order valence-electron chi connectivity index (χ0n) is 18.2. The van der Waals surface area contributed by atoms with Crippen LogP contribution in [-0.2, 0) is 9.84 Å². The van der Waals surface area contributed by atoms with Crippen LogP contribution in [0.5, 0.6) is 0 Å². The van der Waals surface area contributed by atoms with Crippen molar-refractivity contribution in [2.45, 2.75) is 16.7 Å². The smallest absolute Gasteiger partial charge is 0.206 e. The Balaban J connectivity index is 1.65. The molecule has 3 atom stereocenters. The van der Waals surface area contributed by atoms with Gasteiger partial charge in [-0.15, -0.1) is 0 Å². The molecule has 0 unspecified atom stereocenters. The van der Waals surface area contributed by atoms with Crippen molar-refractivity contribution in [2.75, 3.05) is 5.75 Å². The zero-order valence-corrected chi connectivity index (χ0v) is 19.0. The summed E-state index contributed by atoms with van der Waals surface area (Å²) in [5.41, 5.74) is 1.83. The molecule has 1 aliphatic carbocycles. The highest BCUT2D eigenvalue weighted by molar-refractivity contribution is 7.91. The summed E-state index contributed by atoms with van der Waals surface area (Å²) >= 11 is 0. The minimum Gasteiger partial charge on any atom is -0.461 e. The number of fused-ring (bicyclic) bond motifs is 1. The molecule has 1 aromatic heterocycles. The number of benzene rings is 3. The molecule has 3 aromatic carbocycles. The Hall–Kier alpha value is -3.77. The molecule has 4 aromatic rings. The van der Waals surface area contributed by atoms with Crippen molar-refractivity contribution in [1.82, 2.24) is 0 Å². The molecule has 6 heteroatoms. The number of ketones is 2. The fourth-order valence-corrected chi connectivity index (χ4v) is 6.53. The van der Waals surface area contributed by atoms with Gasteiger partial charge in [0.25, 0.3) is 0 Å². The second kappa shape index (κ2) is 8.88. The number of Topliss-reactive ketones (excluding diaryl/α,β-unsaturated/α-hetero) is 2. The van der Waals surface area contributed by atoms with E-state index >= 15 is 0 Å². The number of carbonyl (C=O) groups excluding carboxylic acids is 2. The van der Waals surface area contributed by atoms with Crippen LogP contribution in [0.1, 0.15) is 43.9 Å². The van der Waals surface area contributed by atoms with Crippen LogP contribution in [0.2, 0.25) is 0 Å². The van der Waals surface area contributed by atoms with Crippen molar-refractivity contribution < 1.29 is 22.4 Å². The highest BCUT2D eigenvalue weighted by Gasteiger charge is 2.50. The molecular formula is C28H22O5S. The van der Waals surface area contributed by atoms with Crippen molar-refractivity contribution in [2.24, 2.45) is 5.92 Å². The standard InChI is InChI=1S/C28H22O5S/c29-27(19-10-3-1-4-11-19)26-23(18-34(31,32)20-12-5-2-6-13-20)21-14-7-8-15-22(21)25(26)28(30)24-16-9-17-33-24/h1-17,23,25-26H,18H2/t23-,25-,26-/m1/s1. The maximum atomic E-state index is 13.9. The molecule has 0 amide bonds. The highest BCUT2D eigenvalue weighted by Crippen LogP contribution is 2.50. The lowest BCUT2D eigenvalue weighted by atomic mass is 9.79.